The van der Waals surface area contributed by atoms with Crippen molar-refractivity contribution < 1.29 is 34.7 Å². The van der Waals surface area contributed by atoms with Crippen LogP contribution in [0.4, 0.5) is 5.69 Å². The second-order valence-corrected chi connectivity index (χ2v) is 10.8. The van der Waals surface area contributed by atoms with Crippen molar-refractivity contribution in [2.45, 2.75) is 22.6 Å². The number of nitrogen functional groups attached to an aromatic ring is 1. The van der Waals surface area contributed by atoms with Crippen LogP contribution in [0.1, 0.15) is 13.3 Å². The number of anilines is 1. The first-order valence-corrected chi connectivity index (χ1v) is 11.8. The summed E-state index contributed by atoms with van der Waals surface area (Å²) in [5, 5.41) is 10.8. The van der Waals surface area contributed by atoms with E-state index < -0.39 is 34.5 Å². The van der Waals surface area contributed by atoms with Crippen molar-refractivity contribution >= 4 is 35.9 Å². The molecule has 0 aromatic heterocycles. The average molecular weight is 450 g/mol. The van der Waals surface area contributed by atoms with Gasteiger partial charge in [0.15, 0.2) is 0 Å². The number of carbonyl (C=O) groups excluding carboxylic acids is 1. The zero-order valence-corrected chi connectivity index (χ0v) is 16.3. The number of carbonyl (C=O) groups is 1. The van der Waals surface area contributed by atoms with Crippen molar-refractivity contribution in [1.82, 2.24) is 5.32 Å². The van der Waals surface area contributed by atoms with E-state index in [2.05, 4.69) is 9.19 Å². The molecule has 144 valence electrons. The smallest absolute Gasteiger partial charge is 0.296 e. The number of hydrogen-bond donors (Lipinski definition) is 5. The van der Waals surface area contributed by atoms with Crippen LogP contribution in [0.3, 0.4) is 0 Å². The average Bonchev–Trinajstić information content (AvgIpc) is 2.55. The number of allylic oxidation sites excluding steroid dienone is 2. The molecule has 6 N–H and O–H groups in total. The molecule has 0 saturated carbocycles. The molecule has 1 amide bonds. The summed E-state index contributed by atoms with van der Waals surface area (Å²) >= 11 is -5.02. The Labute approximate surface area is 153 Å². The van der Waals surface area contributed by atoms with Crippen molar-refractivity contribution in [3.8, 4) is 0 Å². The summed E-state index contributed by atoms with van der Waals surface area (Å²) in [7, 11) is -4.16. The Kier molecular flexibility index (Phi) is 7.39. The number of benzene rings is 1. The Balaban J connectivity index is 0.000000273. The van der Waals surface area contributed by atoms with Gasteiger partial charge in [0, 0.05) is 0 Å². The van der Waals surface area contributed by atoms with Gasteiger partial charge in [0.25, 0.3) is 10.1 Å². The third-order valence-corrected chi connectivity index (χ3v) is 7.69. The van der Waals surface area contributed by atoms with Crippen LogP contribution >= 0.6 is 0 Å². The van der Waals surface area contributed by atoms with E-state index in [4.69, 9.17) is 15.5 Å². The van der Waals surface area contributed by atoms with Crippen LogP contribution in [0, 0.1) is 0 Å². The largest absolute Gasteiger partial charge is 0.398 e. The Morgan fingerprint density at radius 1 is 1.35 bits per heavy atom. The van der Waals surface area contributed by atoms with Crippen LogP contribution in [-0.4, -0.2) is 46.7 Å². The summed E-state index contributed by atoms with van der Waals surface area (Å²) in [6, 6.07) is 5.72. The molecule has 1 aliphatic carbocycles. The van der Waals surface area contributed by atoms with Crippen molar-refractivity contribution in [1.29, 1.82) is 0 Å². The van der Waals surface area contributed by atoms with E-state index in [1.54, 1.807) is 18.2 Å². The number of nitrogens with two attached hydrogens (primary N) is 1. The maximum absolute atomic E-state index is 11.6. The van der Waals surface area contributed by atoms with Crippen molar-refractivity contribution in [3.05, 3.63) is 48.6 Å². The molecular formula is C14H19AsN2O8S. The number of para-hydroxylation sites is 1. The first kappa shape index (κ1) is 22.2. The van der Waals surface area contributed by atoms with Gasteiger partial charge in [-0.3, -0.25) is 4.55 Å². The van der Waals surface area contributed by atoms with Gasteiger partial charge in [-0.25, -0.2) is 0 Å². The fraction of sp³-hybridized carbons (Fsp3) is 0.214. The van der Waals surface area contributed by atoms with Gasteiger partial charge in [-0.15, -0.1) is 0 Å². The predicted octanol–water partition coefficient (Wildman–Crippen LogP) is 0.283. The SMILES string of the molecule is CC(=O)NC1([As](=O)(O)OO)C=CC=CC1.Nc1ccccc1S(=O)(=O)O. The van der Waals surface area contributed by atoms with E-state index >= 15 is 0 Å². The van der Waals surface area contributed by atoms with Gasteiger partial charge >= 0.3 is 89.1 Å². The number of hydrogen-bond acceptors (Lipinski definition) is 7. The molecule has 0 fully saturated rings. The molecular weight excluding hydrogens is 431 g/mol. The zero-order chi connectivity index (χ0) is 20.0. The van der Waals surface area contributed by atoms with Crippen molar-refractivity contribution in [2.75, 3.05) is 5.73 Å². The van der Waals surface area contributed by atoms with E-state index in [0.29, 0.717) is 0 Å². The van der Waals surface area contributed by atoms with Gasteiger partial charge < -0.3 is 5.73 Å². The van der Waals surface area contributed by atoms with Gasteiger partial charge in [-0.2, -0.15) is 8.42 Å². The molecule has 1 aromatic rings. The minimum absolute atomic E-state index is 0.0509. The molecule has 0 saturated heterocycles. The fourth-order valence-corrected chi connectivity index (χ4v) is 4.91. The molecule has 26 heavy (non-hydrogen) atoms. The quantitative estimate of drug-likeness (QED) is 0.142. The van der Waals surface area contributed by atoms with Crippen LogP contribution in [0.15, 0.2) is 53.5 Å². The fourth-order valence-electron chi connectivity index (χ4n) is 2.08. The van der Waals surface area contributed by atoms with E-state index in [1.165, 1.54) is 37.3 Å². The van der Waals surface area contributed by atoms with Crippen LogP contribution in [0.2, 0.25) is 0 Å². The van der Waals surface area contributed by atoms with E-state index in [-0.39, 0.29) is 17.0 Å². The van der Waals surface area contributed by atoms with Crippen molar-refractivity contribution in [3.63, 3.8) is 0 Å². The Bertz CT molecular complexity index is 867. The second-order valence-electron chi connectivity index (χ2n) is 5.21. The normalized spacial score (nSPS) is 21.2. The van der Waals surface area contributed by atoms with Gasteiger partial charge in [0.2, 0.25) is 0 Å². The molecule has 0 spiro atoms. The molecule has 2 atom stereocenters. The molecule has 2 unspecified atom stereocenters. The first-order chi connectivity index (χ1) is 12.0. The standard InChI is InChI=1S/C8H12AsNO5.C6H7NO3S/c1-7(11)10-8(9(12,13)15-14)5-3-2-4-6-8;7-5-3-1-2-4-6(5)11(8,9)10/h2-5,14H,6H2,1H3,(H,10,11)(H,12,13);1-4H,7H2,(H,8,9,10). The molecule has 0 bridgehead atoms. The van der Waals surface area contributed by atoms with Gasteiger partial charge in [-0.05, 0) is 12.1 Å². The summed E-state index contributed by atoms with van der Waals surface area (Å²) in [6.45, 7) is 1.22. The second kappa shape index (κ2) is 8.67. The van der Waals surface area contributed by atoms with E-state index in [9.17, 15) is 21.0 Å². The van der Waals surface area contributed by atoms with Crippen LogP contribution in [0.5, 0.6) is 0 Å². The molecule has 0 heterocycles. The minimum Gasteiger partial charge on any atom is -0.398 e. The maximum atomic E-state index is 11.6. The third-order valence-electron chi connectivity index (χ3n) is 3.25. The van der Waals surface area contributed by atoms with Gasteiger partial charge in [0.05, 0.1) is 5.69 Å². The van der Waals surface area contributed by atoms with Crippen LogP contribution < -0.4 is 11.1 Å². The minimum atomic E-state index is -5.02. The van der Waals surface area contributed by atoms with E-state index in [0.717, 1.165) is 0 Å². The molecule has 10 nitrogen and oxygen atoms in total. The summed E-state index contributed by atoms with van der Waals surface area (Å²) in [4.78, 5) is 10.7. The van der Waals surface area contributed by atoms with Crippen molar-refractivity contribution in [2.24, 2.45) is 0 Å². The van der Waals surface area contributed by atoms with Gasteiger partial charge in [-0.1, -0.05) is 12.1 Å². The third kappa shape index (κ3) is 5.56. The summed E-state index contributed by atoms with van der Waals surface area (Å²) in [6.07, 6.45) is 6.26. The summed E-state index contributed by atoms with van der Waals surface area (Å²) in [5.74, 6) is -0.470. The molecule has 1 aromatic carbocycles. The Morgan fingerprint density at radius 3 is 2.35 bits per heavy atom. The molecule has 1 aliphatic rings. The maximum Gasteiger partial charge on any atom is 0.296 e. The Hall–Kier alpha value is -1.88. The molecule has 2 rings (SSSR count). The van der Waals surface area contributed by atoms with Gasteiger partial charge in [0.1, 0.15) is 4.90 Å². The van der Waals surface area contributed by atoms with E-state index in [1.807, 2.05) is 0 Å². The number of rotatable bonds is 4. The summed E-state index contributed by atoms with van der Waals surface area (Å²) in [5.41, 5.74) is 5.32. The molecule has 0 radical (unpaired) electrons. The molecule has 12 heteroatoms. The number of nitrogens with one attached hydrogen (secondary N) is 1. The van der Waals surface area contributed by atoms with Crippen LogP contribution in [0.25, 0.3) is 0 Å². The summed E-state index contributed by atoms with van der Waals surface area (Å²) < 4.78 is 52.9. The first-order valence-electron chi connectivity index (χ1n) is 7.06. The topological polar surface area (TPSA) is 176 Å². The number of amides is 1. The predicted molar refractivity (Wildman–Crippen MR) is 92.5 cm³/mol. The monoisotopic (exact) mass is 450 g/mol. The van der Waals surface area contributed by atoms with Crippen LogP contribution in [-0.2, 0) is 22.5 Å². The molecule has 0 aliphatic heterocycles. The Morgan fingerprint density at radius 2 is 1.96 bits per heavy atom. The zero-order valence-electron chi connectivity index (χ0n) is 13.6.